The molecule has 0 saturated carbocycles. The van der Waals surface area contributed by atoms with Gasteiger partial charge in [-0.05, 0) is 19.4 Å². The molecule has 0 aliphatic carbocycles. The van der Waals surface area contributed by atoms with Crippen molar-refractivity contribution in [1.29, 1.82) is 0 Å². The Bertz CT molecular complexity index is 116. The van der Waals surface area contributed by atoms with E-state index in [-0.39, 0.29) is 19.8 Å². The van der Waals surface area contributed by atoms with Gasteiger partial charge in [0, 0.05) is 0 Å². The van der Waals surface area contributed by atoms with Gasteiger partial charge in [-0.3, -0.25) is 4.79 Å². The molecule has 0 rings (SSSR count). The van der Waals surface area contributed by atoms with E-state index in [1.54, 1.807) is 0 Å². The summed E-state index contributed by atoms with van der Waals surface area (Å²) in [6, 6.07) is -0.506. The number of esters is 1. The van der Waals surface area contributed by atoms with Gasteiger partial charge in [-0.25, -0.2) is 0 Å². The summed E-state index contributed by atoms with van der Waals surface area (Å²) in [5.41, 5.74) is 10.6. The van der Waals surface area contributed by atoms with Crippen molar-refractivity contribution in [3.05, 3.63) is 0 Å². The molecule has 0 aromatic carbocycles. The van der Waals surface area contributed by atoms with E-state index in [2.05, 4.69) is 4.74 Å². The Morgan fingerprint density at radius 2 is 2.27 bits per heavy atom. The number of carbonyl (C=O) groups excluding carboxylic acids is 1. The molecular formula is C6H15ClN2O2. The largest absolute Gasteiger partial charge is 1.00 e. The first-order valence-electron chi connectivity index (χ1n) is 3.26. The molecule has 0 aromatic rings. The highest BCUT2D eigenvalue weighted by Gasteiger charge is 2.11. The molecule has 0 aromatic heterocycles. The molecule has 0 radical (unpaired) electrons. The maximum Gasteiger partial charge on any atom is 1.00 e. The van der Waals surface area contributed by atoms with Gasteiger partial charge in [-0.15, -0.1) is 0 Å². The molecule has 4 nitrogen and oxygen atoms in total. The third-order valence-corrected chi connectivity index (χ3v) is 1.22. The second kappa shape index (κ2) is 7.78. The minimum atomic E-state index is -0.506. The predicted molar refractivity (Wildman–Crippen MR) is 39.4 cm³/mol. The van der Waals surface area contributed by atoms with Crippen molar-refractivity contribution in [3.63, 3.8) is 0 Å². The zero-order chi connectivity index (χ0) is 7.98. The lowest BCUT2D eigenvalue weighted by Gasteiger charge is -2.06. The van der Waals surface area contributed by atoms with E-state index in [1.807, 2.05) is 0 Å². The van der Waals surface area contributed by atoms with Gasteiger partial charge in [0.25, 0.3) is 0 Å². The first-order valence-corrected chi connectivity index (χ1v) is 3.26. The maximum absolute atomic E-state index is 10.6. The summed E-state index contributed by atoms with van der Waals surface area (Å²) in [6.07, 6.45) is 1.36. The molecule has 11 heavy (non-hydrogen) atoms. The first-order chi connectivity index (χ1) is 4.72. The fraction of sp³-hybridized carbons (Fsp3) is 0.833. The molecule has 0 fully saturated rings. The summed E-state index contributed by atoms with van der Waals surface area (Å²) in [6.45, 7) is 0.560. The van der Waals surface area contributed by atoms with Crippen LogP contribution in [0, 0.1) is 0 Å². The van der Waals surface area contributed by atoms with Crippen LogP contribution < -0.4 is 23.9 Å². The van der Waals surface area contributed by atoms with Crippen molar-refractivity contribution in [3.8, 4) is 0 Å². The molecule has 0 aliphatic rings. The number of rotatable bonds is 4. The number of hydrogen-bond acceptors (Lipinski definition) is 4. The lowest BCUT2D eigenvalue weighted by atomic mass is 10.2. The number of halogens is 1. The van der Waals surface area contributed by atoms with Crippen LogP contribution in [0.2, 0.25) is 0 Å². The number of carbonyl (C=O) groups is 1. The summed E-state index contributed by atoms with van der Waals surface area (Å²) >= 11 is 0. The molecule has 0 amide bonds. The Hall–Kier alpha value is -0.320. The van der Waals surface area contributed by atoms with E-state index in [4.69, 9.17) is 11.5 Å². The third-order valence-electron chi connectivity index (χ3n) is 1.22. The van der Waals surface area contributed by atoms with Gasteiger partial charge in [0.2, 0.25) is 0 Å². The molecule has 0 saturated heterocycles. The number of nitrogens with two attached hydrogens (primary N) is 2. The Kier molecular flexibility index (Phi) is 9.40. The van der Waals surface area contributed by atoms with E-state index in [9.17, 15) is 4.79 Å². The third kappa shape index (κ3) is 6.09. The van der Waals surface area contributed by atoms with Crippen LogP contribution in [0.25, 0.3) is 0 Å². The lowest BCUT2D eigenvalue weighted by molar-refractivity contribution is -0.142. The van der Waals surface area contributed by atoms with Crippen LogP contribution >= 0.6 is 0 Å². The number of ether oxygens (including phenoxy) is 1. The van der Waals surface area contributed by atoms with Crippen molar-refractivity contribution in [1.82, 2.24) is 0 Å². The second-order valence-electron chi connectivity index (χ2n) is 2.06. The topological polar surface area (TPSA) is 78.3 Å². The van der Waals surface area contributed by atoms with Crippen LogP contribution in [-0.2, 0) is 9.53 Å². The zero-order valence-electron chi connectivity index (χ0n) is 7.55. The number of methoxy groups -OCH3 is 1. The van der Waals surface area contributed by atoms with E-state index in [0.29, 0.717) is 13.0 Å². The van der Waals surface area contributed by atoms with Gasteiger partial charge in [0.05, 0.1) is 7.11 Å². The summed E-state index contributed by atoms with van der Waals surface area (Å²) in [5, 5.41) is 0. The van der Waals surface area contributed by atoms with Crippen LogP contribution in [0.1, 0.15) is 14.3 Å². The normalized spacial score (nSPS) is 11.5. The van der Waals surface area contributed by atoms with E-state index >= 15 is 0 Å². The van der Waals surface area contributed by atoms with Gasteiger partial charge >= 0.3 is 7.40 Å². The molecule has 0 spiro atoms. The molecule has 0 bridgehead atoms. The Morgan fingerprint density at radius 3 is 2.64 bits per heavy atom. The molecule has 68 valence electrons. The quantitative estimate of drug-likeness (QED) is 0.440. The summed E-state index contributed by atoms with van der Waals surface area (Å²) < 4.78 is 4.40. The summed E-state index contributed by atoms with van der Waals surface area (Å²) in [4.78, 5) is 10.6. The molecule has 0 aliphatic heterocycles. The first kappa shape index (κ1) is 13.3. The van der Waals surface area contributed by atoms with Crippen LogP contribution in [0.15, 0.2) is 0 Å². The fourth-order valence-electron chi connectivity index (χ4n) is 0.607. The van der Waals surface area contributed by atoms with Crippen molar-refractivity contribution >= 4 is 5.97 Å². The number of hydrogen-bond donors (Lipinski definition) is 2. The molecule has 1 atom stereocenters. The molecule has 0 heterocycles. The van der Waals surface area contributed by atoms with Crippen LogP contribution in [-0.4, -0.2) is 25.7 Å². The zero-order valence-corrected chi connectivity index (χ0v) is 7.30. The van der Waals surface area contributed by atoms with Crippen molar-refractivity contribution in [2.75, 3.05) is 13.7 Å². The Morgan fingerprint density at radius 1 is 1.73 bits per heavy atom. The predicted octanol–water partition coefficient (Wildman–Crippen LogP) is -3.66. The molecular weight excluding hydrogens is 168 g/mol. The summed E-state index contributed by atoms with van der Waals surface area (Å²) in [5.74, 6) is -0.367. The Labute approximate surface area is 74.2 Å². The Balaban J connectivity index is -0.000000405. The van der Waals surface area contributed by atoms with E-state index in [0.717, 1.165) is 6.42 Å². The molecule has 0 unspecified atom stereocenters. The molecule has 5 heteroatoms. The van der Waals surface area contributed by atoms with Crippen LogP contribution in [0.3, 0.4) is 0 Å². The van der Waals surface area contributed by atoms with Crippen molar-refractivity contribution < 1.29 is 23.4 Å². The summed E-state index contributed by atoms with van der Waals surface area (Å²) in [7, 11) is 1.32. The van der Waals surface area contributed by atoms with E-state index < -0.39 is 6.04 Å². The highest BCUT2D eigenvalue weighted by Crippen LogP contribution is 1.93. The lowest BCUT2D eigenvalue weighted by Crippen LogP contribution is -3.00. The van der Waals surface area contributed by atoms with Crippen molar-refractivity contribution in [2.24, 2.45) is 11.5 Å². The highest BCUT2D eigenvalue weighted by atomic mass is 35.5. The van der Waals surface area contributed by atoms with Crippen LogP contribution in [0.4, 0.5) is 0 Å². The maximum atomic E-state index is 10.6. The monoisotopic (exact) mass is 182 g/mol. The average Bonchev–Trinajstić information content (AvgIpc) is 1.98. The smallest absolute Gasteiger partial charge is 1.00 e. The van der Waals surface area contributed by atoms with Gasteiger partial charge in [0.15, 0.2) is 0 Å². The minimum absolute atomic E-state index is 0. The van der Waals surface area contributed by atoms with Gasteiger partial charge in [0.1, 0.15) is 6.04 Å². The van der Waals surface area contributed by atoms with Gasteiger partial charge in [-0.1, -0.05) is 0 Å². The van der Waals surface area contributed by atoms with Gasteiger partial charge < -0.3 is 28.6 Å². The SMILES string of the molecule is COC(=O)[C@@H](N)CCCN.[Cl-].[H+]. The highest BCUT2D eigenvalue weighted by molar-refractivity contribution is 5.75. The average molecular weight is 183 g/mol. The standard InChI is InChI=1S/C6H14N2O2.ClH/c1-10-6(9)5(8)3-2-4-7;/h5H,2-4,7-8H2,1H3;1H/t5-;/m0./s1. The fourth-order valence-corrected chi connectivity index (χ4v) is 0.607. The van der Waals surface area contributed by atoms with E-state index in [1.165, 1.54) is 7.11 Å². The van der Waals surface area contributed by atoms with Crippen molar-refractivity contribution in [2.45, 2.75) is 18.9 Å². The second-order valence-corrected chi connectivity index (χ2v) is 2.06. The minimum Gasteiger partial charge on any atom is -1.00 e. The van der Waals surface area contributed by atoms with Crippen LogP contribution in [0.5, 0.6) is 0 Å². The van der Waals surface area contributed by atoms with Gasteiger partial charge in [-0.2, -0.15) is 0 Å². The molecule has 4 N–H and O–H groups in total.